The number of hydrogen-bond donors (Lipinski definition) is 1. The summed E-state index contributed by atoms with van der Waals surface area (Å²) in [7, 11) is 2.08. The zero-order valence-electron chi connectivity index (χ0n) is 14.5. The standard InChI is InChI=1S/C19H27N3O2/c1-22-12-10-14(11-13-22)18(23)16-8-5-9-17(20-16)21-19(24)15-6-3-2-4-7-15/h5,8-9,14-15H,2-4,6-7,10-13H2,1H3,(H,20,21,24). The predicted molar refractivity (Wildman–Crippen MR) is 94.0 cm³/mol. The highest BCUT2D eigenvalue weighted by Gasteiger charge is 2.26. The van der Waals surface area contributed by atoms with Crippen LogP contribution in [0.1, 0.15) is 55.4 Å². The van der Waals surface area contributed by atoms with Crippen LogP contribution in [0.4, 0.5) is 5.82 Å². The summed E-state index contributed by atoms with van der Waals surface area (Å²) >= 11 is 0. The second-order valence-electron chi connectivity index (χ2n) is 7.17. The molecule has 1 saturated carbocycles. The van der Waals surface area contributed by atoms with E-state index in [2.05, 4.69) is 22.2 Å². The monoisotopic (exact) mass is 329 g/mol. The van der Waals surface area contributed by atoms with Gasteiger partial charge in [0.25, 0.3) is 0 Å². The van der Waals surface area contributed by atoms with Gasteiger partial charge in [-0.2, -0.15) is 0 Å². The van der Waals surface area contributed by atoms with Gasteiger partial charge in [-0.3, -0.25) is 9.59 Å². The fourth-order valence-electron chi connectivity index (χ4n) is 3.71. The van der Waals surface area contributed by atoms with E-state index < -0.39 is 0 Å². The maximum Gasteiger partial charge on any atom is 0.228 e. The third-order valence-corrected chi connectivity index (χ3v) is 5.32. The van der Waals surface area contributed by atoms with E-state index in [1.807, 2.05) is 6.07 Å². The molecule has 2 aliphatic rings. The first-order valence-corrected chi connectivity index (χ1v) is 9.14. The normalized spacial score (nSPS) is 20.7. The molecule has 0 unspecified atom stereocenters. The van der Waals surface area contributed by atoms with E-state index in [1.54, 1.807) is 12.1 Å². The van der Waals surface area contributed by atoms with Crippen molar-refractivity contribution in [2.75, 3.05) is 25.5 Å². The second kappa shape index (κ2) is 7.88. The van der Waals surface area contributed by atoms with Crippen molar-refractivity contribution in [2.24, 2.45) is 11.8 Å². The minimum atomic E-state index is 0.0473. The highest BCUT2D eigenvalue weighted by Crippen LogP contribution is 2.25. The smallest absolute Gasteiger partial charge is 0.228 e. The molecule has 1 aliphatic carbocycles. The first kappa shape index (κ1) is 17.1. The maximum atomic E-state index is 12.7. The van der Waals surface area contributed by atoms with E-state index in [-0.39, 0.29) is 23.5 Å². The molecule has 1 aliphatic heterocycles. The number of carbonyl (C=O) groups excluding carboxylic acids is 2. The number of ketones is 1. The number of aromatic nitrogens is 1. The molecule has 5 nitrogen and oxygen atoms in total. The third kappa shape index (κ3) is 4.20. The molecule has 3 rings (SSSR count). The lowest BCUT2D eigenvalue weighted by molar-refractivity contribution is -0.120. The van der Waals surface area contributed by atoms with Crippen LogP contribution >= 0.6 is 0 Å². The zero-order chi connectivity index (χ0) is 16.9. The van der Waals surface area contributed by atoms with Crippen LogP contribution in [0.2, 0.25) is 0 Å². The molecule has 0 spiro atoms. The van der Waals surface area contributed by atoms with Crippen LogP contribution in [0.25, 0.3) is 0 Å². The topological polar surface area (TPSA) is 62.3 Å². The minimum absolute atomic E-state index is 0.0473. The van der Waals surface area contributed by atoms with Gasteiger partial charge in [0.1, 0.15) is 11.5 Å². The molecule has 1 aromatic rings. The molecule has 130 valence electrons. The molecule has 1 saturated heterocycles. The fraction of sp³-hybridized carbons (Fsp3) is 0.632. The number of hydrogen-bond acceptors (Lipinski definition) is 4. The van der Waals surface area contributed by atoms with Crippen LogP contribution in [0.3, 0.4) is 0 Å². The van der Waals surface area contributed by atoms with Gasteiger partial charge in [0.05, 0.1) is 0 Å². The van der Waals surface area contributed by atoms with Gasteiger partial charge in [0.15, 0.2) is 5.78 Å². The average Bonchev–Trinajstić information content (AvgIpc) is 2.63. The summed E-state index contributed by atoms with van der Waals surface area (Å²) in [5, 5.41) is 2.91. The summed E-state index contributed by atoms with van der Waals surface area (Å²) in [5.74, 6) is 0.805. The number of carbonyl (C=O) groups is 2. The Bertz CT molecular complexity index is 588. The van der Waals surface area contributed by atoms with Crippen molar-refractivity contribution in [1.29, 1.82) is 0 Å². The Morgan fingerprint density at radius 2 is 1.75 bits per heavy atom. The molecule has 0 bridgehead atoms. The highest BCUT2D eigenvalue weighted by molar-refractivity contribution is 5.97. The summed E-state index contributed by atoms with van der Waals surface area (Å²) in [6, 6.07) is 5.34. The van der Waals surface area contributed by atoms with Crippen molar-refractivity contribution in [2.45, 2.75) is 44.9 Å². The van der Waals surface area contributed by atoms with Crippen LogP contribution in [0.15, 0.2) is 18.2 Å². The largest absolute Gasteiger partial charge is 0.310 e. The summed E-state index contributed by atoms with van der Waals surface area (Å²) in [6.45, 7) is 1.91. The fourth-order valence-corrected chi connectivity index (χ4v) is 3.71. The van der Waals surface area contributed by atoms with Gasteiger partial charge in [0.2, 0.25) is 5.91 Å². The zero-order valence-corrected chi connectivity index (χ0v) is 14.5. The molecule has 24 heavy (non-hydrogen) atoms. The number of likely N-dealkylation sites (tertiary alicyclic amines) is 1. The predicted octanol–water partition coefficient (Wildman–Crippen LogP) is 3.12. The lowest BCUT2D eigenvalue weighted by Crippen LogP contribution is -2.34. The van der Waals surface area contributed by atoms with Crippen LogP contribution in [-0.2, 0) is 4.79 Å². The Hall–Kier alpha value is -1.75. The van der Waals surface area contributed by atoms with Gasteiger partial charge in [-0.05, 0) is 58.0 Å². The van der Waals surface area contributed by atoms with E-state index >= 15 is 0 Å². The van der Waals surface area contributed by atoms with Crippen LogP contribution < -0.4 is 5.32 Å². The number of piperidine rings is 1. The van der Waals surface area contributed by atoms with E-state index in [9.17, 15) is 9.59 Å². The summed E-state index contributed by atoms with van der Waals surface area (Å²) in [4.78, 5) is 31.7. The summed E-state index contributed by atoms with van der Waals surface area (Å²) < 4.78 is 0. The number of nitrogens with zero attached hydrogens (tertiary/aromatic N) is 2. The van der Waals surface area contributed by atoms with Crippen molar-refractivity contribution in [3.63, 3.8) is 0 Å². The molecule has 1 amide bonds. The maximum absolute atomic E-state index is 12.7. The number of amides is 1. The summed E-state index contributed by atoms with van der Waals surface area (Å²) in [6.07, 6.45) is 7.16. The number of rotatable bonds is 4. The van der Waals surface area contributed by atoms with Crippen LogP contribution in [-0.4, -0.2) is 41.7 Å². The molecule has 1 aromatic heterocycles. The van der Waals surface area contributed by atoms with Gasteiger partial charge < -0.3 is 10.2 Å². The molecule has 0 aromatic carbocycles. The minimum Gasteiger partial charge on any atom is -0.310 e. The highest BCUT2D eigenvalue weighted by atomic mass is 16.2. The number of pyridine rings is 1. The molecule has 2 heterocycles. The number of Topliss-reactive ketones (excluding diaryl/α,β-unsaturated/α-hetero) is 1. The lowest BCUT2D eigenvalue weighted by atomic mass is 9.88. The van der Waals surface area contributed by atoms with Crippen LogP contribution in [0, 0.1) is 11.8 Å². The lowest BCUT2D eigenvalue weighted by Gasteiger charge is -2.27. The Morgan fingerprint density at radius 3 is 2.46 bits per heavy atom. The second-order valence-corrected chi connectivity index (χ2v) is 7.17. The first-order chi connectivity index (χ1) is 11.6. The van der Waals surface area contributed by atoms with Crippen LogP contribution in [0.5, 0.6) is 0 Å². The Labute approximate surface area is 143 Å². The Morgan fingerprint density at radius 1 is 1.04 bits per heavy atom. The van der Waals surface area contributed by atoms with Gasteiger partial charge >= 0.3 is 0 Å². The van der Waals surface area contributed by atoms with Gasteiger partial charge in [0, 0.05) is 11.8 Å². The molecule has 0 radical (unpaired) electrons. The van der Waals surface area contributed by atoms with E-state index in [0.717, 1.165) is 51.6 Å². The van der Waals surface area contributed by atoms with Crippen molar-refractivity contribution in [1.82, 2.24) is 9.88 Å². The number of nitrogens with one attached hydrogen (secondary N) is 1. The van der Waals surface area contributed by atoms with E-state index in [1.165, 1.54) is 6.42 Å². The average molecular weight is 329 g/mol. The summed E-state index contributed by atoms with van der Waals surface area (Å²) in [5.41, 5.74) is 0.478. The molecular weight excluding hydrogens is 302 g/mol. The third-order valence-electron chi connectivity index (χ3n) is 5.32. The van der Waals surface area contributed by atoms with E-state index in [0.29, 0.717) is 11.5 Å². The molecular formula is C19H27N3O2. The first-order valence-electron chi connectivity index (χ1n) is 9.14. The number of anilines is 1. The van der Waals surface area contributed by atoms with Crippen molar-refractivity contribution in [3.05, 3.63) is 23.9 Å². The Kier molecular flexibility index (Phi) is 5.61. The van der Waals surface area contributed by atoms with Crippen molar-refractivity contribution in [3.8, 4) is 0 Å². The molecule has 0 atom stereocenters. The Balaban J connectivity index is 1.63. The molecule has 5 heteroatoms. The van der Waals surface area contributed by atoms with Crippen molar-refractivity contribution >= 4 is 17.5 Å². The molecule has 1 N–H and O–H groups in total. The van der Waals surface area contributed by atoms with Gasteiger partial charge in [-0.25, -0.2) is 4.98 Å². The van der Waals surface area contributed by atoms with Crippen molar-refractivity contribution < 1.29 is 9.59 Å². The van der Waals surface area contributed by atoms with E-state index in [4.69, 9.17) is 0 Å². The van der Waals surface area contributed by atoms with Gasteiger partial charge in [-0.15, -0.1) is 0 Å². The molecule has 2 fully saturated rings. The quantitative estimate of drug-likeness (QED) is 0.862. The SMILES string of the molecule is CN1CCC(C(=O)c2cccc(NC(=O)C3CCCCC3)n2)CC1. The van der Waals surface area contributed by atoms with Gasteiger partial charge in [-0.1, -0.05) is 25.3 Å².